The van der Waals surface area contributed by atoms with Gasteiger partial charge in [0.05, 0.1) is 31.3 Å². The smallest absolute Gasteiger partial charge is 0.416 e. The highest BCUT2D eigenvalue weighted by Gasteiger charge is 2.32. The highest BCUT2D eigenvalue weighted by atomic mass is 19.4. The molecule has 1 saturated heterocycles. The Kier molecular flexibility index (Phi) is 6.26. The Morgan fingerprint density at radius 3 is 2.52 bits per heavy atom. The third kappa shape index (κ3) is 4.64. The number of aromatic nitrogens is 2. The van der Waals surface area contributed by atoms with Gasteiger partial charge in [-0.25, -0.2) is 0 Å². The van der Waals surface area contributed by atoms with Gasteiger partial charge >= 0.3 is 6.18 Å². The Bertz CT molecular complexity index is 1130. The quantitative estimate of drug-likeness (QED) is 0.544. The first-order valence-electron chi connectivity index (χ1n) is 10.3. The first kappa shape index (κ1) is 22.6. The fourth-order valence-electron chi connectivity index (χ4n) is 3.91. The van der Waals surface area contributed by atoms with Crippen molar-refractivity contribution >= 4 is 5.91 Å². The Morgan fingerprint density at radius 2 is 1.85 bits per heavy atom. The lowest BCUT2D eigenvalue weighted by atomic mass is 9.97. The second-order valence-corrected chi connectivity index (χ2v) is 7.65. The lowest BCUT2D eigenvalue weighted by Crippen LogP contribution is -2.39. The van der Waals surface area contributed by atoms with Crippen LogP contribution in [0, 0.1) is 0 Å². The Hall–Kier alpha value is -3.56. The van der Waals surface area contributed by atoms with Gasteiger partial charge in [0.25, 0.3) is 5.91 Å². The van der Waals surface area contributed by atoms with E-state index >= 15 is 0 Å². The zero-order valence-corrected chi connectivity index (χ0v) is 18.1. The second kappa shape index (κ2) is 9.13. The van der Waals surface area contributed by atoms with E-state index in [0.29, 0.717) is 41.6 Å². The van der Waals surface area contributed by atoms with Gasteiger partial charge in [0.15, 0.2) is 11.5 Å². The van der Waals surface area contributed by atoms with E-state index in [0.717, 1.165) is 25.0 Å². The summed E-state index contributed by atoms with van der Waals surface area (Å²) in [4.78, 5) is 14.9. The molecule has 1 fully saturated rings. The van der Waals surface area contributed by atoms with E-state index < -0.39 is 11.7 Å². The molecule has 1 amide bonds. The predicted molar refractivity (Wildman–Crippen MR) is 112 cm³/mol. The number of halogens is 3. The van der Waals surface area contributed by atoms with Crippen LogP contribution in [0.25, 0.3) is 11.5 Å². The minimum Gasteiger partial charge on any atom is -0.493 e. The highest BCUT2D eigenvalue weighted by Crippen LogP contribution is 2.35. The van der Waals surface area contributed by atoms with Crippen LogP contribution in [0.2, 0.25) is 0 Å². The molecule has 33 heavy (non-hydrogen) atoms. The maximum Gasteiger partial charge on any atom is 0.416 e. The van der Waals surface area contributed by atoms with Crippen molar-refractivity contribution < 1.29 is 31.9 Å². The molecule has 1 unspecified atom stereocenters. The van der Waals surface area contributed by atoms with Crippen LogP contribution in [-0.4, -0.2) is 48.3 Å². The largest absolute Gasteiger partial charge is 0.493 e. The van der Waals surface area contributed by atoms with Crippen molar-refractivity contribution in [3.05, 3.63) is 59.5 Å². The molecule has 10 heteroatoms. The van der Waals surface area contributed by atoms with Crippen molar-refractivity contribution in [2.75, 3.05) is 27.3 Å². The summed E-state index contributed by atoms with van der Waals surface area (Å²) in [6.45, 7) is 0.934. The number of amides is 1. The van der Waals surface area contributed by atoms with E-state index in [9.17, 15) is 18.0 Å². The molecule has 0 saturated carbocycles. The van der Waals surface area contributed by atoms with E-state index in [1.165, 1.54) is 26.4 Å². The molecule has 0 spiro atoms. The minimum absolute atomic E-state index is 0.136. The van der Waals surface area contributed by atoms with Gasteiger partial charge in [-0.1, -0.05) is 6.07 Å². The summed E-state index contributed by atoms with van der Waals surface area (Å²) in [5, 5.41) is 8.09. The van der Waals surface area contributed by atoms with Crippen LogP contribution in [0.3, 0.4) is 0 Å². The standard InChI is InChI=1S/C23H22F3N3O4/c1-31-18-7-3-6-17(19(18)32-2)22(30)29-12-4-5-15(13-29)21-28-27-20(33-21)14-8-10-16(11-9-14)23(24,25)26/h3,6-11,15H,4-5,12-13H2,1-2H3. The third-order valence-electron chi connectivity index (χ3n) is 5.59. The Balaban J connectivity index is 1.51. The van der Waals surface area contributed by atoms with E-state index in [2.05, 4.69) is 10.2 Å². The van der Waals surface area contributed by atoms with Gasteiger partial charge in [-0.15, -0.1) is 10.2 Å². The van der Waals surface area contributed by atoms with Crippen molar-refractivity contribution in [2.24, 2.45) is 0 Å². The molecular weight excluding hydrogens is 439 g/mol. The molecule has 0 bridgehead atoms. The summed E-state index contributed by atoms with van der Waals surface area (Å²) in [5.41, 5.74) is 0.0421. The molecule has 0 radical (unpaired) electrons. The molecule has 0 N–H and O–H groups in total. The first-order valence-corrected chi connectivity index (χ1v) is 10.3. The number of carbonyl (C=O) groups excluding carboxylic acids is 1. The van der Waals surface area contributed by atoms with E-state index in [1.807, 2.05) is 0 Å². The zero-order valence-electron chi connectivity index (χ0n) is 18.1. The number of hydrogen-bond donors (Lipinski definition) is 0. The molecule has 1 aromatic heterocycles. The van der Waals surface area contributed by atoms with Gasteiger partial charge < -0.3 is 18.8 Å². The van der Waals surface area contributed by atoms with E-state index in [1.54, 1.807) is 23.1 Å². The van der Waals surface area contributed by atoms with Crippen molar-refractivity contribution in [1.82, 2.24) is 15.1 Å². The summed E-state index contributed by atoms with van der Waals surface area (Å²) in [6.07, 6.45) is -2.93. The van der Waals surface area contributed by atoms with Gasteiger partial charge in [0.1, 0.15) is 0 Å². The monoisotopic (exact) mass is 461 g/mol. The number of nitrogens with zero attached hydrogens (tertiary/aromatic N) is 3. The maximum absolute atomic E-state index is 13.2. The Morgan fingerprint density at radius 1 is 1.09 bits per heavy atom. The fraction of sp³-hybridized carbons (Fsp3) is 0.348. The van der Waals surface area contributed by atoms with Gasteiger partial charge in [-0.05, 0) is 49.2 Å². The lowest BCUT2D eigenvalue weighted by molar-refractivity contribution is -0.137. The average Bonchev–Trinajstić information content (AvgIpc) is 3.33. The van der Waals surface area contributed by atoms with Gasteiger partial charge in [0.2, 0.25) is 11.8 Å². The Labute approximate surface area is 188 Å². The number of alkyl halides is 3. The molecule has 7 nitrogen and oxygen atoms in total. The average molecular weight is 461 g/mol. The van der Waals surface area contributed by atoms with Gasteiger partial charge in [0, 0.05) is 18.7 Å². The van der Waals surface area contributed by atoms with Crippen molar-refractivity contribution in [3.8, 4) is 23.0 Å². The molecular formula is C23H22F3N3O4. The number of carbonyl (C=O) groups is 1. The summed E-state index contributed by atoms with van der Waals surface area (Å²) < 4.78 is 54.8. The number of benzene rings is 2. The fourth-order valence-corrected chi connectivity index (χ4v) is 3.91. The molecule has 3 aromatic rings. The van der Waals surface area contributed by atoms with Crippen LogP contribution in [0.5, 0.6) is 11.5 Å². The normalized spacial score (nSPS) is 16.5. The number of ether oxygens (including phenoxy) is 2. The van der Waals surface area contributed by atoms with Crippen molar-refractivity contribution in [2.45, 2.75) is 24.9 Å². The van der Waals surface area contributed by atoms with E-state index in [-0.39, 0.29) is 17.7 Å². The number of methoxy groups -OCH3 is 2. The number of rotatable bonds is 5. The van der Waals surface area contributed by atoms with E-state index in [4.69, 9.17) is 13.9 Å². The van der Waals surface area contributed by atoms with Crippen LogP contribution in [0.15, 0.2) is 46.9 Å². The summed E-state index contributed by atoms with van der Waals surface area (Å²) >= 11 is 0. The SMILES string of the molecule is COc1cccc(C(=O)N2CCCC(c3nnc(-c4ccc(C(F)(F)F)cc4)o3)C2)c1OC. The van der Waals surface area contributed by atoms with Crippen LogP contribution in [0.1, 0.15) is 40.6 Å². The lowest BCUT2D eigenvalue weighted by Gasteiger charge is -2.31. The summed E-state index contributed by atoms with van der Waals surface area (Å²) in [7, 11) is 2.99. The molecule has 1 atom stereocenters. The van der Waals surface area contributed by atoms with Gasteiger partial charge in [-0.3, -0.25) is 4.79 Å². The molecule has 174 valence electrons. The van der Waals surface area contributed by atoms with Crippen LogP contribution >= 0.6 is 0 Å². The molecule has 1 aliphatic heterocycles. The van der Waals surface area contributed by atoms with Crippen molar-refractivity contribution in [3.63, 3.8) is 0 Å². The maximum atomic E-state index is 13.2. The molecule has 2 aromatic carbocycles. The zero-order chi connectivity index (χ0) is 23.6. The number of likely N-dealkylation sites (tertiary alicyclic amines) is 1. The van der Waals surface area contributed by atoms with Gasteiger partial charge in [-0.2, -0.15) is 13.2 Å². The predicted octanol–water partition coefficient (Wildman–Crippen LogP) is 4.79. The summed E-state index contributed by atoms with van der Waals surface area (Å²) in [6, 6.07) is 9.67. The van der Waals surface area contributed by atoms with Crippen LogP contribution < -0.4 is 9.47 Å². The van der Waals surface area contributed by atoms with Crippen LogP contribution in [-0.2, 0) is 6.18 Å². The molecule has 2 heterocycles. The third-order valence-corrected chi connectivity index (χ3v) is 5.59. The topological polar surface area (TPSA) is 77.7 Å². The number of hydrogen-bond acceptors (Lipinski definition) is 6. The first-order chi connectivity index (χ1) is 15.8. The summed E-state index contributed by atoms with van der Waals surface area (Å²) in [5.74, 6) is 0.939. The minimum atomic E-state index is -4.41. The van der Waals surface area contributed by atoms with Crippen LogP contribution in [0.4, 0.5) is 13.2 Å². The molecule has 0 aliphatic carbocycles. The highest BCUT2D eigenvalue weighted by molar-refractivity contribution is 5.98. The molecule has 4 rings (SSSR count). The van der Waals surface area contributed by atoms with Crippen molar-refractivity contribution in [1.29, 1.82) is 0 Å². The second-order valence-electron chi connectivity index (χ2n) is 7.65. The number of piperidine rings is 1. The number of para-hydroxylation sites is 1. The molecule has 1 aliphatic rings.